The Morgan fingerprint density at radius 1 is 0.923 bits per heavy atom. The van der Waals surface area contributed by atoms with Gasteiger partial charge in [0.1, 0.15) is 0 Å². The fourth-order valence-corrected chi connectivity index (χ4v) is 3.54. The van der Waals surface area contributed by atoms with Crippen molar-refractivity contribution in [3.05, 3.63) is 94.8 Å². The van der Waals surface area contributed by atoms with Crippen LogP contribution < -0.4 is 0 Å². The van der Waals surface area contributed by atoms with Crippen LogP contribution in [0.2, 0.25) is 5.02 Å². The van der Waals surface area contributed by atoms with Crippen molar-refractivity contribution in [1.29, 1.82) is 0 Å². The molecule has 0 unspecified atom stereocenters. The minimum absolute atomic E-state index is 0.771. The van der Waals surface area contributed by atoms with Crippen LogP contribution >= 0.6 is 11.6 Å². The zero-order valence-electron chi connectivity index (χ0n) is 14.4. The molecule has 3 heteroatoms. The van der Waals surface area contributed by atoms with Crippen LogP contribution in [0.25, 0.3) is 17.2 Å². The predicted molar refractivity (Wildman–Crippen MR) is 110 cm³/mol. The third kappa shape index (κ3) is 3.61. The lowest BCUT2D eigenvalue weighted by Gasteiger charge is -2.16. The fourth-order valence-electron chi connectivity index (χ4n) is 3.29. The van der Waals surface area contributed by atoms with Gasteiger partial charge >= 0.3 is 0 Å². The molecule has 2 nitrogen and oxygen atoms in total. The summed E-state index contributed by atoms with van der Waals surface area (Å²) in [4.78, 5) is 9.00. The van der Waals surface area contributed by atoms with E-state index in [-0.39, 0.29) is 0 Å². The minimum Gasteiger partial charge on any atom is -0.284 e. The molecule has 0 aliphatic carbocycles. The van der Waals surface area contributed by atoms with E-state index in [9.17, 15) is 0 Å². The Labute approximate surface area is 158 Å². The van der Waals surface area contributed by atoms with Crippen LogP contribution in [0.5, 0.6) is 0 Å². The SMILES string of the molecule is Clc1ccccc1-c1cccc(/C=C2\CCCN=C2c2cccnc2)c1. The third-order valence-corrected chi connectivity index (χ3v) is 4.86. The second-order valence-corrected chi connectivity index (χ2v) is 6.76. The highest BCUT2D eigenvalue weighted by atomic mass is 35.5. The van der Waals surface area contributed by atoms with Crippen molar-refractivity contribution in [2.45, 2.75) is 12.8 Å². The first-order chi connectivity index (χ1) is 12.8. The lowest BCUT2D eigenvalue weighted by Crippen LogP contribution is -2.11. The number of rotatable bonds is 3. The van der Waals surface area contributed by atoms with Gasteiger partial charge in [0.05, 0.1) is 5.71 Å². The van der Waals surface area contributed by atoms with Crippen LogP contribution in [0.4, 0.5) is 0 Å². The van der Waals surface area contributed by atoms with Crippen molar-refractivity contribution in [3.8, 4) is 11.1 Å². The summed E-state index contributed by atoms with van der Waals surface area (Å²) in [5.41, 5.74) is 6.75. The van der Waals surface area contributed by atoms with Crippen LogP contribution in [0, 0.1) is 0 Å². The molecule has 1 aliphatic heterocycles. The first-order valence-electron chi connectivity index (χ1n) is 8.82. The number of aromatic nitrogens is 1. The van der Waals surface area contributed by atoms with Gasteiger partial charge < -0.3 is 0 Å². The normalized spacial score (nSPS) is 15.7. The molecule has 2 aromatic carbocycles. The zero-order valence-corrected chi connectivity index (χ0v) is 15.2. The topological polar surface area (TPSA) is 25.2 Å². The summed E-state index contributed by atoms with van der Waals surface area (Å²) in [6, 6.07) is 20.5. The molecule has 2 heterocycles. The Hall–Kier alpha value is -2.71. The summed E-state index contributed by atoms with van der Waals surface area (Å²) in [5.74, 6) is 0. The molecule has 0 fully saturated rings. The number of pyridine rings is 1. The van der Waals surface area contributed by atoms with Crippen LogP contribution in [0.1, 0.15) is 24.0 Å². The quantitative estimate of drug-likeness (QED) is 0.558. The number of hydrogen-bond acceptors (Lipinski definition) is 2. The third-order valence-electron chi connectivity index (χ3n) is 4.53. The number of nitrogens with zero attached hydrogens (tertiary/aromatic N) is 2. The molecule has 0 saturated heterocycles. The first kappa shape index (κ1) is 16.7. The van der Waals surface area contributed by atoms with Crippen LogP contribution in [-0.4, -0.2) is 17.2 Å². The van der Waals surface area contributed by atoms with Crippen LogP contribution in [-0.2, 0) is 0 Å². The Kier molecular flexibility index (Phi) is 4.94. The standard InChI is InChI=1S/C23H19ClN2/c24-22-11-2-1-10-21(22)18-7-3-6-17(14-18)15-19-8-5-13-26-23(19)20-9-4-12-25-16-20/h1-4,6-7,9-12,14-16H,5,8,13H2/b19-15+. The van der Waals surface area contributed by atoms with Crippen molar-refractivity contribution in [3.63, 3.8) is 0 Å². The Bertz CT molecular complexity index is 974. The van der Waals surface area contributed by atoms with E-state index in [2.05, 4.69) is 47.5 Å². The second-order valence-electron chi connectivity index (χ2n) is 6.35. The van der Waals surface area contributed by atoms with E-state index >= 15 is 0 Å². The molecule has 0 radical (unpaired) electrons. The molecule has 0 N–H and O–H groups in total. The summed E-state index contributed by atoms with van der Waals surface area (Å²) in [6.07, 6.45) is 8.04. The lowest BCUT2D eigenvalue weighted by molar-refractivity contribution is 0.818. The number of hydrogen-bond donors (Lipinski definition) is 0. The van der Waals surface area contributed by atoms with E-state index in [1.54, 1.807) is 6.20 Å². The Morgan fingerprint density at radius 3 is 2.65 bits per heavy atom. The summed E-state index contributed by atoms with van der Waals surface area (Å²) in [5, 5.41) is 0.771. The van der Waals surface area contributed by atoms with Crippen LogP contribution in [0.3, 0.4) is 0 Å². The Morgan fingerprint density at radius 2 is 1.81 bits per heavy atom. The number of halogens is 1. The van der Waals surface area contributed by atoms with E-state index < -0.39 is 0 Å². The molecule has 4 rings (SSSR count). The van der Waals surface area contributed by atoms with Crippen LogP contribution in [0.15, 0.2) is 83.6 Å². The molecular formula is C23H19ClN2. The molecule has 0 bridgehead atoms. The molecule has 0 saturated carbocycles. The molecule has 128 valence electrons. The highest BCUT2D eigenvalue weighted by Gasteiger charge is 2.14. The predicted octanol–water partition coefficient (Wildman–Crippen LogP) is 6.07. The molecule has 3 aromatic rings. The number of aliphatic imine (C=N–C) groups is 1. The van der Waals surface area contributed by atoms with Gasteiger partial charge in [0.25, 0.3) is 0 Å². The van der Waals surface area contributed by atoms with Crippen molar-refractivity contribution >= 4 is 23.4 Å². The van der Waals surface area contributed by atoms with E-state index in [1.165, 1.54) is 5.57 Å². The molecule has 0 spiro atoms. The lowest BCUT2D eigenvalue weighted by atomic mass is 9.94. The first-order valence-corrected chi connectivity index (χ1v) is 9.20. The van der Waals surface area contributed by atoms with Gasteiger partial charge in [0.2, 0.25) is 0 Å². The van der Waals surface area contributed by atoms with Gasteiger partial charge in [-0.1, -0.05) is 48.0 Å². The van der Waals surface area contributed by atoms with Gasteiger partial charge in [0.15, 0.2) is 0 Å². The maximum absolute atomic E-state index is 6.36. The van der Waals surface area contributed by atoms with Gasteiger partial charge in [-0.2, -0.15) is 0 Å². The second kappa shape index (κ2) is 7.67. The average molecular weight is 359 g/mol. The van der Waals surface area contributed by atoms with E-state index in [0.29, 0.717) is 0 Å². The largest absolute Gasteiger partial charge is 0.284 e. The molecule has 26 heavy (non-hydrogen) atoms. The van der Waals surface area contributed by atoms with Crippen molar-refractivity contribution < 1.29 is 0 Å². The van der Waals surface area contributed by atoms with Gasteiger partial charge in [0, 0.05) is 35.1 Å². The summed E-state index contributed by atoms with van der Waals surface area (Å²) >= 11 is 6.36. The number of allylic oxidation sites excluding steroid dienone is 1. The average Bonchev–Trinajstić information content (AvgIpc) is 2.70. The monoisotopic (exact) mass is 358 g/mol. The van der Waals surface area contributed by atoms with E-state index in [0.717, 1.165) is 52.4 Å². The van der Waals surface area contributed by atoms with Crippen molar-refractivity contribution in [2.75, 3.05) is 6.54 Å². The van der Waals surface area contributed by atoms with E-state index in [4.69, 9.17) is 16.6 Å². The molecular weight excluding hydrogens is 340 g/mol. The molecule has 1 aliphatic rings. The maximum atomic E-state index is 6.36. The fraction of sp³-hybridized carbons (Fsp3) is 0.130. The van der Waals surface area contributed by atoms with E-state index in [1.807, 2.05) is 30.5 Å². The minimum atomic E-state index is 0.771. The van der Waals surface area contributed by atoms with Crippen molar-refractivity contribution in [1.82, 2.24) is 4.98 Å². The maximum Gasteiger partial charge on any atom is 0.0694 e. The summed E-state index contributed by atoms with van der Waals surface area (Å²) in [7, 11) is 0. The summed E-state index contributed by atoms with van der Waals surface area (Å²) < 4.78 is 0. The Balaban J connectivity index is 1.72. The molecule has 0 amide bonds. The summed E-state index contributed by atoms with van der Waals surface area (Å²) in [6.45, 7) is 0.876. The van der Waals surface area contributed by atoms with Gasteiger partial charge in [-0.3, -0.25) is 9.98 Å². The molecule has 1 aromatic heterocycles. The number of benzene rings is 2. The van der Waals surface area contributed by atoms with Gasteiger partial charge in [-0.25, -0.2) is 0 Å². The van der Waals surface area contributed by atoms with Gasteiger partial charge in [-0.15, -0.1) is 0 Å². The molecule has 0 atom stereocenters. The smallest absolute Gasteiger partial charge is 0.0694 e. The highest BCUT2D eigenvalue weighted by Crippen LogP contribution is 2.29. The van der Waals surface area contributed by atoms with Gasteiger partial charge in [-0.05, 0) is 59.9 Å². The van der Waals surface area contributed by atoms with Crippen molar-refractivity contribution in [2.24, 2.45) is 4.99 Å². The highest BCUT2D eigenvalue weighted by molar-refractivity contribution is 6.33. The zero-order chi connectivity index (χ0) is 17.8.